The molecule has 0 saturated carbocycles. The van der Waals surface area contributed by atoms with E-state index in [1.807, 2.05) is 12.1 Å². The number of rotatable bonds is 5. The van der Waals surface area contributed by atoms with Crippen molar-refractivity contribution in [3.05, 3.63) is 33.9 Å². The van der Waals surface area contributed by atoms with Gasteiger partial charge in [-0.05, 0) is 57.3 Å². The quantitative estimate of drug-likeness (QED) is 0.604. The molecule has 2 aliphatic heterocycles. The van der Waals surface area contributed by atoms with Gasteiger partial charge in [0, 0.05) is 36.4 Å². The van der Waals surface area contributed by atoms with Gasteiger partial charge >= 0.3 is 0 Å². The molecule has 2 heterocycles. The van der Waals surface area contributed by atoms with E-state index in [2.05, 4.69) is 16.7 Å². The third-order valence-corrected chi connectivity index (χ3v) is 5.52. The highest BCUT2D eigenvalue weighted by molar-refractivity contribution is 5.56. The lowest BCUT2D eigenvalue weighted by Crippen LogP contribution is -2.46. The van der Waals surface area contributed by atoms with Gasteiger partial charge in [-0.3, -0.25) is 10.1 Å². The van der Waals surface area contributed by atoms with Crippen LogP contribution in [0.4, 0.5) is 11.4 Å². The number of nitro groups is 1. The van der Waals surface area contributed by atoms with E-state index in [-0.39, 0.29) is 10.6 Å². The van der Waals surface area contributed by atoms with Crippen LogP contribution < -0.4 is 4.90 Å². The summed E-state index contributed by atoms with van der Waals surface area (Å²) < 4.78 is 0. The summed E-state index contributed by atoms with van der Waals surface area (Å²) in [5.41, 5.74) is 2.29. The van der Waals surface area contributed by atoms with Gasteiger partial charge in [-0.2, -0.15) is 0 Å². The van der Waals surface area contributed by atoms with Crippen LogP contribution in [0.5, 0.6) is 0 Å². The number of anilines is 1. The van der Waals surface area contributed by atoms with Gasteiger partial charge in [0.05, 0.1) is 4.92 Å². The molecular formula is C19H29N3O2. The average Bonchev–Trinajstić information content (AvgIpc) is 2.63. The van der Waals surface area contributed by atoms with Crippen LogP contribution in [0.15, 0.2) is 18.2 Å². The first kappa shape index (κ1) is 17.2. The number of nitrogens with zero attached hydrogens (tertiary/aromatic N) is 3. The molecule has 132 valence electrons. The number of nitro benzene ring substituents is 1. The molecule has 0 N–H and O–H groups in total. The highest BCUT2D eigenvalue weighted by Crippen LogP contribution is 2.29. The van der Waals surface area contributed by atoms with Crippen LogP contribution in [-0.4, -0.2) is 42.0 Å². The summed E-state index contributed by atoms with van der Waals surface area (Å²) >= 11 is 0. The fourth-order valence-electron chi connectivity index (χ4n) is 4.19. The van der Waals surface area contributed by atoms with E-state index in [0.29, 0.717) is 0 Å². The Morgan fingerprint density at radius 1 is 1.12 bits per heavy atom. The Labute approximate surface area is 144 Å². The molecule has 2 fully saturated rings. The van der Waals surface area contributed by atoms with Crippen LogP contribution in [0.1, 0.15) is 51.0 Å². The van der Waals surface area contributed by atoms with Crippen molar-refractivity contribution >= 4 is 11.4 Å². The van der Waals surface area contributed by atoms with Gasteiger partial charge < -0.3 is 9.80 Å². The molecule has 0 amide bonds. The second-order valence-corrected chi connectivity index (χ2v) is 7.13. The molecular weight excluding hydrogens is 302 g/mol. The third kappa shape index (κ3) is 3.89. The van der Waals surface area contributed by atoms with E-state index >= 15 is 0 Å². The Morgan fingerprint density at radius 2 is 1.83 bits per heavy atom. The molecule has 0 spiro atoms. The zero-order valence-corrected chi connectivity index (χ0v) is 14.7. The van der Waals surface area contributed by atoms with Crippen molar-refractivity contribution in [1.29, 1.82) is 0 Å². The van der Waals surface area contributed by atoms with Crippen molar-refractivity contribution in [3.8, 4) is 0 Å². The van der Waals surface area contributed by atoms with Gasteiger partial charge in [0.1, 0.15) is 0 Å². The van der Waals surface area contributed by atoms with Crippen LogP contribution in [0.3, 0.4) is 0 Å². The van der Waals surface area contributed by atoms with Crippen LogP contribution in [-0.2, 0) is 6.42 Å². The molecule has 0 bridgehead atoms. The summed E-state index contributed by atoms with van der Waals surface area (Å²) in [6.07, 6.45) is 8.21. The Bertz CT molecular complexity index is 562. The topological polar surface area (TPSA) is 49.6 Å². The maximum absolute atomic E-state index is 11.2. The van der Waals surface area contributed by atoms with Crippen LogP contribution in [0, 0.1) is 10.1 Å². The molecule has 0 radical (unpaired) electrons. The van der Waals surface area contributed by atoms with Crippen molar-refractivity contribution in [2.24, 2.45) is 0 Å². The number of benzene rings is 1. The normalized spacial score (nSPS) is 20.3. The fraction of sp³-hybridized carbons (Fsp3) is 0.684. The first-order valence-electron chi connectivity index (χ1n) is 9.45. The number of piperidine rings is 2. The molecule has 0 aromatic heterocycles. The first-order valence-corrected chi connectivity index (χ1v) is 9.45. The lowest BCUT2D eigenvalue weighted by Gasteiger charge is -2.41. The standard InChI is InChI=1S/C19H29N3O2/c1-2-6-16-15-18(7-8-19(16)22(23)24)21-13-9-17(10-14-21)20-11-4-3-5-12-20/h7-8,15,17H,2-6,9-14H2,1H3. The SMILES string of the molecule is CCCc1cc(N2CCC(N3CCCCC3)CC2)ccc1[N+](=O)[O-]. The minimum atomic E-state index is -0.253. The van der Waals surface area contributed by atoms with Crippen molar-refractivity contribution in [1.82, 2.24) is 4.90 Å². The minimum Gasteiger partial charge on any atom is -0.371 e. The lowest BCUT2D eigenvalue weighted by atomic mass is 9.99. The average molecular weight is 331 g/mol. The molecule has 5 heteroatoms. The van der Waals surface area contributed by atoms with Gasteiger partial charge in [0.25, 0.3) is 5.69 Å². The summed E-state index contributed by atoms with van der Waals surface area (Å²) in [6.45, 7) is 6.72. The zero-order valence-electron chi connectivity index (χ0n) is 14.7. The smallest absolute Gasteiger partial charge is 0.272 e. The molecule has 5 nitrogen and oxygen atoms in total. The van der Waals surface area contributed by atoms with Crippen LogP contribution in [0.25, 0.3) is 0 Å². The molecule has 1 aromatic carbocycles. The Kier molecular flexibility index (Phi) is 5.72. The van der Waals surface area contributed by atoms with Crippen LogP contribution in [0.2, 0.25) is 0 Å². The van der Waals surface area contributed by atoms with E-state index in [1.54, 1.807) is 6.07 Å². The predicted molar refractivity (Wildman–Crippen MR) is 97.8 cm³/mol. The zero-order chi connectivity index (χ0) is 16.9. The summed E-state index contributed by atoms with van der Waals surface area (Å²) in [5, 5.41) is 11.2. The fourth-order valence-corrected chi connectivity index (χ4v) is 4.19. The van der Waals surface area contributed by atoms with Gasteiger partial charge in [0.15, 0.2) is 0 Å². The Morgan fingerprint density at radius 3 is 2.46 bits per heavy atom. The van der Waals surface area contributed by atoms with Gasteiger partial charge in [-0.25, -0.2) is 0 Å². The van der Waals surface area contributed by atoms with Crippen molar-refractivity contribution < 1.29 is 4.92 Å². The Balaban J connectivity index is 1.65. The summed E-state index contributed by atoms with van der Waals surface area (Å²) in [6, 6.07) is 6.40. The van der Waals surface area contributed by atoms with Crippen molar-refractivity contribution in [2.45, 2.75) is 57.9 Å². The molecule has 0 unspecified atom stereocenters. The largest absolute Gasteiger partial charge is 0.371 e. The minimum absolute atomic E-state index is 0.253. The van der Waals surface area contributed by atoms with Crippen LogP contribution >= 0.6 is 0 Å². The van der Waals surface area contributed by atoms with Gasteiger partial charge in [-0.15, -0.1) is 0 Å². The molecule has 3 rings (SSSR count). The van der Waals surface area contributed by atoms with E-state index < -0.39 is 0 Å². The van der Waals surface area contributed by atoms with Gasteiger partial charge in [-0.1, -0.05) is 19.8 Å². The van der Waals surface area contributed by atoms with E-state index in [0.717, 1.165) is 43.2 Å². The molecule has 0 atom stereocenters. The second-order valence-electron chi connectivity index (χ2n) is 7.13. The highest BCUT2D eigenvalue weighted by Gasteiger charge is 2.26. The van der Waals surface area contributed by atoms with Gasteiger partial charge in [0.2, 0.25) is 0 Å². The molecule has 0 aliphatic carbocycles. The molecule has 2 saturated heterocycles. The van der Waals surface area contributed by atoms with Crippen molar-refractivity contribution in [2.75, 3.05) is 31.1 Å². The summed E-state index contributed by atoms with van der Waals surface area (Å²) in [7, 11) is 0. The lowest BCUT2D eigenvalue weighted by molar-refractivity contribution is -0.385. The maximum Gasteiger partial charge on any atom is 0.272 e. The summed E-state index contributed by atoms with van der Waals surface area (Å²) in [4.78, 5) is 16.0. The second kappa shape index (κ2) is 7.97. The van der Waals surface area contributed by atoms with E-state index in [9.17, 15) is 10.1 Å². The molecule has 2 aliphatic rings. The van der Waals surface area contributed by atoms with E-state index in [4.69, 9.17) is 0 Å². The predicted octanol–water partition coefficient (Wildman–Crippen LogP) is 4.00. The maximum atomic E-state index is 11.2. The number of aryl methyl sites for hydroxylation is 1. The third-order valence-electron chi connectivity index (χ3n) is 5.52. The first-order chi connectivity index (χ1) is 11.7. The van der Waals surface area contributed by atoms with E-state index in [1.165, 1.54) is 45.2 Å². The number of hydrogen-bond acceptors (Lipinski definition) is 4. The molecule has 1 aromatic rings. The number of hydrogen-bond donors (Lipinski definition) is 0. The highest BCUT2D eigenvalue weighted by atomic mass is 16.6. The van der Waals surface area contributed by atoms with Crippen molar-refractivity contribution in [3.63, 3.8) is 0 Å². The monoisotopic (exact) mass is 331 g/mol. The Hall–Kier alpha value is -1.62. The molecule has 24 heavy (non-hydrogen) atoms. The summed E-state index contributed by atoms with van der Waals surface area (Å²) in [5.74, 6) is 0. The number of likely N-dealkylation sites (tertiary alicyclic amines) is 1.